The first-order valence-corrected chi connectivity index (χ1v) is 5.72. The van der Waals surface area contributed by atoms with Crippen LogP contribution in [0.25, 0.3) is 0 Å². The van der Waals surface area contributed by atoms with Crippen LogP contribution in [0, 0.1) is 0 Å². The molecular weight excluding hydrogens is 250 g/mol. The molecule has 1 aliphatic heterocycles. The van der Waals surface area contributed by atoms with E-state index in [1.165, 1.54) is 0 Å². The average molecular weight is 263 g/mol. The fourth-order valence-corrected chi connectivity index (χ4v) is 1.63. The molecule has 0 unspecified atom stereocenters. The van der Waals surface area contributed by atoms with E-state index in [1.807, 2.05) is 18.2 Å². The topological polar surface area (TPSA) is 84.9 Å². The van der Waals surface area contributed by atoms with E-state index in [-0.39, 0.29) is 6.79 Å². The zero-order chi connectivity index (χ0) is 13.7. The summed E-state index contributed by atoms with van der Waals surface area (Å²) in [5.41, 5.74) is 1.01. The summed E-state index contributed by atoms with van der Waals surface area (Å²) in [5.74, 6) is -0.152. The minimum Gasteiger partial charge on any atom is -0.478 e. The molecule has 0 aliphatic carbocycles. The lowest BCUT2D eigenvalue weighted by Gasteiger charge is -2.04. The van der Waals surface area contributed by atoms with Crippen LogP contribution < -0.4 is 14.8 Å². The van der Waals surface area contributed by atoms with E-state index < -0.39 is 11.9 Å². The number of hydrogen-bond acceptors (Lipinski definition) is 4. The van der Waals surface area contributed by atoms with E-state index in [9.17, 15) is 9.59 Å². The molecule has 1 aromatic carbocycles. The Labute approximate surface area is 109 Å². The van der Waals surface area contributed by atoms with Gasteiger partial charge in [0.05, 0.1) is 0 Å². The van der Waals surface area contributed by atoms with Gasteiger partial charge in [0.25, 0.3) is 0 Å². The van der Waals surface area contributed by atoms with Gasteiger partial charge in [0, 0.05) is 18.7 Å². The van der Waals surface area contributed by atoms with Gasteiger partial charge in [-0.25, -0.2) is 4.79 Å². The molecule has 0 spiro atoms. The molecule has 0 fully saturated rings. The molecule has 1 heterocycles. The normalized spacial score (nSPS) is 12.6. The molecule has 2 rings (SSSR count). The van der Waals surface area contributed by atoms with Gasteiger partial charge in [0.2, 0.25) is 12.7 Å². The molecule has 19 heavy (non-hydrogen) atoms. The Hall–Kier alpha value is -2.50. The van der Waals surface area contributed by atoms with Gasteiger partial charge in [-0.3, -0.25) is 4.79 Å². The minimum atomic E-state index is -1.15. The molecule has 0 saturated heterocycles. The van der Waals surface area contributed by atoms with Crippen molar-refractivity contribution in [1.82, 2.24) is 5.32 Å². The zero-order valence-electron chi connectivity index (χ0n) is 10.1. The van der Waals surface area contributed by atoms with Crippen LogP contribution in [-0.2, 0) is 16.0 Å². The molecule has 2 N–H and O–H groups in total. The second kappa shape index (κ2) is 5.90. The summed E-state index contributed by atoms with van der Waals surface area (Å²) in [4.78, 5) is 21.4. The Bertz CT molecular complexity index is 524. The van der Waals surface area contributed by atoms with Crippen molar-refractivity contribution < 1.29 is 24.2 Å². The molecule has 1 aromatic rings. The number of carbonyl (C=O) groups excluding carboxylic acids is 1. The number of carboxylic acids is 1. The standard InChI is InChI=1S/C13H13NO5/c15-12(3-4-13(16)17)14-6-5-9-1-2-10-11(7-9)19-8-18-10/h1-4,7H,5-6,8H2,(H,14,15)(H,16,17)/b4-3+. The first kappa shape index (κ1) is 12.9. The largest absolute Gasteiger partial charge is 0.478 e. The SMILES string of the molecule is O=C(O)/C=C/C(=O)NCCc1ccc2c(c1)OCO2. The maximum Gasteiger partial charge on any atom is 0.328 e. The number of rotatable bonds is 5. The van der Waals surface area contributed by atoms with Crippen LogP contribution >= 0.6 is 0 Å². The van der Waals surface area contributed by atoms with Gasteiger partial charge in [0.1, 0.15) is 0 Å². The van der Waals surface area contributed by atoms with Gasteiger partial charge in [-0.2, -0.15) is 0 Å². The van der Waals surface area contributed by atoms with Crippen LogP contribution in [0.5, 0.6) is 11.5 Å². The van der Waals surface area contributed by atoms with E-state index in [0.717, 1.165) is 23.5 Å². The molecule has 0 aromatic heterocycles. The summed E-state index contributed by atoms with van der Waals surface area (Å²) in [5, 5.41) is 11.0. The molecule has 0 atom stereocenters. The van der Waals surface area contributed by atoms with E-state index in [2.05, 4.69) is 5.32 Å². The Morgan fingerprint density at radius 2 is 2.05 bits per heavy atom. The van der Waals surface area contributed by atoms with Gasteiger partial charge >= 0.3 is 5.97 Å². The number of amides is 1. The van der Waals surface area contributed by atoms with Crippen LogP contribution in [0.15, 0.2) is 30.4 Å². The fraction of sp³-hybridized carbons (Fsp3) is 0.231. The molecule has 0 saturated carbocycles. The summed E-state index contributed by atoms with van der Waals surface area (Å²) < 4.78 is 10.4. The molecule has 1 amide bonds. The van der Waals surface area contributed by atoms with E-state index >= 15 is 0 Å². The molecule has 6 nitrogen and oxygen atoms in total. The van der Waals surface area contributed by atoms with Crippen molar-refractivity contribution in [3.63, 3.8) is 0 Å². The number of benzene rings is 1. The van der Waals surface area contributed by atoms with Crippen LogP contribution in [0.1, 0.15) is 5.56 Å². The molecule has 0 radical (unpaired) electrons. The van der Waals surface area contributed by atoms with Gasteiger partial charge in [-0.15, -0.1) is 0 Å². The Kier molecular flexibility index (Phi) is 4.02. The number of aliphatic carboxylic acids is 1. The van der Waals surface area contributed by atoms with E-state index in [0.29, 0.717) is 18.7 Å². The molecule has 6 heteroatoms. The lowest BCUT2D eigenvalue weighted by molar-refractivity contribution is -0.131. The first-order chi connectivity index (χ1) is 9.15. The third-order valence-electron chi connectivity index (χ3n) is 2.53. The Morgan fingerprint density at radius 1 is 1.26 bits per heavy atom. The fourth-order valence-electron chi connectivity index (χ4n) is 1.63. The molecule has 100 valence electrons. The quantitative estimate of drug-likeness (QED) is 0.764. The predicted molar refractivity (Wildman–Crippen MR) is 66.1 cm³/mol. The zero-order valence-corrected chi connectivity index (χ0v) is 10.1. The second-order valence-corrected chi connectivity index (χ2v) is 3.90. The number of hydrogen-bond donors (Lipinski definition) is 2. The maximum absolute atomic E-state index is 11.2. The first-order valence-electron chi connectivity index (χ1n) is 5.72. The highest BCUT2D eigenvalue weighted by molar-refractivity contribution is 5.93. The highest BCUT2D eigenvalue weighted by Crippen LogP contribution is 2.32. The Balaban J connectivity index is 1.80. The number of ether oxygens (including phenoxy) is 2. The monoisotopic (exact) mass is 263 g/mol. The van der Waals surface area contributed by atoms with Crippen molar-refractivity contribution in [3.05, 3.63) is 35.9 Å². The lowest BCUT2D eigenvalue weighted by atomic mass is 10.1. The molecule has 0 bridgehead atoms. The lowest BCUT2D eigenvalue weighted by Crippen LogP contribution is -2.23. The number of carbonyl (C=O) groups is 2. The number of fused-ring (bicyclic) bond motifs is 1. The van der Waals surface area contributed by atoms with Crippen molar-refractivity contribution in [2.24, 2.45) is 0 Å². The van der Waals surface area contributed by atoms with Crippen LogP contribution in [0.2, 0.25) is 0 Å². The third kappa shape index (κ3) is 3.74. The van der Waals surface area contributed by atoms with Crippen LogP contribution in [-0.4, -0.2) is 30.3 Å². The summed E-state index contributed by atoms with van der Waals surface area (Å²) >= 11 is 0. The maximum atomic E-state index is 11.2. The van der Waals surface area contributed by atoms with Crippen molar-refractivity contribution in [3.8, 4) is 11.5 Å². The van der Waals surface area contributed by atoms with E-state index in [4.69, 9.17) is 14.6 Å². The third-order valence-corrected chi connectivity index (χ3v) is 2.53. The summed E-state index contributed by atoms with van der Waals surface area (Å²) in [6, 6.07) is 5.58. The second-order valence-electron chi connectivity index (χ2n) is 3.90. The Morgan fingerprint density at radius 3 is 2.84 bits per heavy atom. The van der Waals surface area contributed by atoms with Gasteiger partial charge < -0.3 is 19.9 Å². The van der Waals surface area contributed by atoms with Crippen molar-refractivity contribution >= 4 is 11.9 Å². The van der Waals surface area contributed by atoms with Gasteiger partial charge in [0.15, 0.2) is 11.5 Å². The van der Waals surface area contributed by atoms with Gasteiger partial charge in [-0.05, 0) is 24.1 Å². The van der Waals surface area contributed by atoms with Crippen molar-refractivity contribution in [2.75, 3.05) is 13.3 Å². The highest BCUT2D eigenvalue weighted by Gasteiger charge is 2.12. The van der Waals surface area contributed by atoms with Crippen molar-refractivity contribution in [1.29, 1.82) is 0 Å². The molecular formula is C13H13NO5. The molecule has 1 aliphatic rings. The summed E-state index contributed by atoms with van der Waals surface area (Å²) in [6.45, 7) is 0.651. The van der Waals surface area contributed by atoms with E-state index in [1.54, 1.807) is 0 Å². The number of carboxylic acid groups (broad SMARTS) is 1. The predicted octanol–water partition coefficient (Wildman–Crippen LogP) is 0.715. The summed E-state index contributed by atoms with van der Waals surface area (Å²) in [7, 11) is 0. The van der Waals surface area contributed by atoms with Crippen LogP contribution in [0.3, 0.4) is 0 Å². The summed E-state index contributed by atoms with van der Waals surface area (Å²) in [6.07, 6.45) is 2.42. The van der Waals surface area contributed by atoms with Gasteiger partial charge in [-0.1, -0.05) is 6.07 Å². The van der Waals surface area contributed by atoms with Crippen LogP contribution in [0.4, 0.5) is 0 Å². The number of nitrogens with one attached hydrogen (secondary N) is 1. The average Bonchev–Trinajstić information content (AvgIpc) is 2.83. The highest BCUT2D eigenvalue weighted by atomic mass is 16.7. The minimum absolute atomic E-state index is 0.232. The smallest absolute Gasteiger partial charge is 0.328 e. The van der Waals surface area contributed by atoms with Crippen molar-refractivity contribution in [2.45, 2.75) is 6.42 Å².